The lowest BCUT2D eigenvalue weighted by Crippen LogP contribution is -2.46. The zero-order chi connectivity index (χ0) is 13.5. The molecule has 1 rings (SSSR count). The van der Waals surface area contributed by atoms with Gasteiger partial charge in [-0.05, 0) is 12.5 Å². The smallest absolute Gasteiger partial charge is 0.241 e. The summed E-state index contributed by atoms with van der Waals surface area (Å²) in [5.41, 5.74) is 6.65. The fourth-order valence-electron chi connectivity index (χ4n) is 1.70. The molecule has 18 heavy (non-hydrogen) atoms. The van der Waals surface area contributed by atoms with Crippen LogP contribution in [0.15, 0.2) is 30.3 Å². The molecule has 0 saturated heterocycles. The predicted octanol–water partition coefficient (Wildman–Crippen LogP) is 0.810. The van der Waals surface area contributed by atoms with Crippen molar-refractivity contribution in [3.05, 3.63) is 35.9 Å². The predicted molar refractivity (Wildman–Crippen MR) is 68.8 cm³/mol. The Morgan fingerprint density at radius 3 is 2.28 bits per heavy atom. The number of hydrogen-bond acceptors (Lipinski definition) is 4. The van der Waals surface area contributed by atoms with Crippen LogP contribution in [0.3, 0.4) is 0 Å². The van der Waals surface area contributed by atoms with Gasteiger partial charge in [0.1, 0.15) is 6.04 Å². The Bertz CT molecular complexity index is 366. The molecular formula is C13H20N2O3. The van der Waals surface area contributed by atoms with Gasteiger partial charge in [0.25, 0.3) is 0 Å². The molecule has 0 aliphatic heterocycles. The van der Waals surface area contributed by atoms with Crippen LogP contribution in [0.4, 0.5) is 0 Å². The Balaban J connectivity index is 2.60. The molecule has 5 nitrogen and oxygen atoms in total. The molecule has 5 heteroatoms. The van der Waals surface area contributed by atoms with E-state index in [2.05, 4.69) is 5.32 Å². The summed E-state index contributed by atoms with van der Waals surface area (Å²) < 4.78 is 10.1. The second-order valence-electron chi connectivity index (χ2n) is 4.03. The van der Waals surface area contributed by atoms with Gasteiger partial charge in [-0.25, -0.2) is 0 Å². The summed E-state index contributed by atoms with van der Waals surface area (Å²) >= 11 is 0. The van der Waals surface area contributed by atoms with Crippen molar-refractivity contribution < 1.29 is 14.3 Å². The number of nitrogens with one attached hydrogen (secondary N) is 1. The number of methoxy groups -OCH3 is 2. The van der Waals surface area contributed by atoms with Gasteiger partial charge in [-0.1, -0.05) is 30.3 Å². The van der Waals surface area contributed by atoms with E-state index in [9.17, 15) is 4.79 Å². The number of carbonyl (C=O) groups excluding carboxylic acids is 1. The molecule has 1 amide bonds. The van der Waals surface area contributed by atoms with E-state index in [4.69, 9.17) is 15.2 Å². The SMILES string of the molecule is COC(OC)C(C)NC(=O)[C@@H](N)c1ccccc1. The van der Waals surface area contributed by atoms with Crippen molar-refractivity contribution in [2.24, 2.45) is 5.73 Å². The summed E-state index contributed by atoms with van der Waals surface area (Å²) in [6.45, 7) is 1.80. The summed E-state index contributed by atoms with van der Waals surface area (Å²) in [6, 6.07) is 8.24. The minimum Gasteiger partial charge on any atom is -0.354 e. The van der Waals surface area contributed by atoms with Crippen LogP contribution < -0.4 is 11.1 Å². The molecule has 0 fully saturated rings. The molecule has 0 aliphatic rings. The molecule has 1 aromatic carbocycles. The zero-order valence-electron chi connectivity index (χ0n) is 10.9. The van der Waals surface area contributed by atoms with Crippen LogP contribution in [0, 0.1) is 0 Å². The summed E-state index contributed by atoms with van der Waals surface area (Å²) in [4.78, 5) is 11.9. The molecule has 2 atom stereocenters. The van der Waals surface area contributed by atoms with E-state index in [1.165, 1.54) is 14.2 Å². The first-order valence-corrected chi connectivity index (χ1v) is 5.76. The van der Waals surface area contributed by atoms with Crippen molar-refractivity contribution in [2.75, 3.05) is 14.2 Å². The zero-order valence-corrected chi connectivity index (χ0v) is 10.9. The maximum atomic E-state index is 11.9. The molecule has 1 aromatic rings. The van der Waals surface area contributed by atoms with Crippen molar-refractivity contribution >= 4 is 5.91 Å². The van der Waals surface area contributed by atoms with Gasteiger partial charge in [-0.2, -0.15) is 0 Å². The van der Waals surface area contributed by atoms with Gasteiger partial charge in [-0.15, -0.1) is 0 Å². The minimum absolute atomic E-state index is 0.257. The number of amides is 1. The number of benzene rings is 1. The second kappa shape index (κ2) is 7.10. The first kappa shape index (κ1) is 14.6. The van der Waals surface area contributed by atoms with Crippen molar-refractivity contribution in [2.45, 2.75) is 25.3 Å². The third-order valence-electron chi connectivity index (χ3n) is 2.68. The molecule has 0 aliphatic carbocycles. The lowest BCUT2D eigenvalue weighted by molar-refractivity contribution is -0.136. The summed E-state index contributed by atoms with van der Waals surface area (Å²) in [5, 5.41) is 2.77. The highest BCUT2D eigenvalue weighted by Crippen LogP contribution is 2.10. The van der Waals surface area contributed by atoms with Crippen molar-refractivity contribution in [3.63, 3.8) is 0 Å². The second-order valence-corrected chi connectivity index (χ2v) is 4.03. The van der Waals surface area contributed by atoms with Gasteiger partial charge in [0.15, 0.2) is 6.29 Å². The quantitative estimate of drug-likeness (QED) is 0.735. The Morgan fingerprint density at radius 1 is 1.22 bits per heavy atom. The number of ether oxygens (including phenoxy) is 2. The molecule has 1 unspecified atom stereocenters. The highest BCUT2D eigenvalue weighted by Gasteiger charge is 2.22. The fraction of sp³-hybridized carbons (Fsp3) is 0.462. The van der Waals surface area contributed by atoms with E-state index >= 15 is 0 Å². The molecular weight excluding hydrogens is 232 g/mol. The maximum Gasteiger partial charge on any atom is 0.241 e. The molecule has 100 valence electrons. The molecule has 0 spiro atoms. The van der Waals surface area contributed by atoms with E-state index in [0.29, 0.717) is 0 Å². The average molecular weight is 252 g/mol. The number of nitrogens with two attached hydrogens (primary N) is 1. The van der Waals surface area contributed by atoms with Crippen LogP contribution >= 0.6 is 0 Å². The standard InChI is InChI=1S/C13H20N2O3/c1-9(13(17-2)18-3)15-12(16)11(14)10-7-5-4-6-8-10/h4-9,11,13H,14H2,1-3H3,(H,15,16)/t9?,11-/m0/s1. The molecule has 0 radical (unpaired) electrons. The monoisotopic (exact) mass is 252 g/mol. The van der Waals surface area contributed by atoms with Crippen LogP contribution in [-0.2, 0) is 14.3 Å². The summed E-state index contributed by atoms with van der Waals surface area (Å²) in [6.07, 6.45) is -0.489. The number of rotatable bonds is 6. The van der Waals surface area contributed by atoms with Gasteiger partial charge < -0.3 is 20.5 Å². The third-order valence-corrected chi connectivity index (χ3v) is 2.68. The lowest BCUT2D eigenvalue weighted by Gasteiger charge is -2.23. The van der Waals surface area contributed by atoms with E-state index in [1.54, 1.807) is 6.92 Å². The van der Waals surface area contributed by atoms with Crippen LogP contribution in [0.5, 0.6) is 0 Å². The van der Waals surface area contributed by atoms with E-state index < -0.39 is 12.3 Å². The minimum atomic E-state index is -0.692. The molecule has 0 aromatic heterocycles. The Hall–Kier alpha value is -1.43. The normalized spacial score (nSPS) is 14.3. The molecule has 0 saturated carbocycles. The summed E-state index contributed by atoms with van der Waals surface area (Å²) in [5.74, 6) is -0.257. The van der Waals surface area contributed by atoms with E-state index in [-0.39, 0.29) is 11.9 Å². The van der Waals surface area contributed by atoms with Crippen LogP contribution in [0.2, 0.25) is 0 Å². The molecule has 0 heterocycles. The van der Waals surface area contributed by atoms with Gasteiger partial charge in [0, 0.05) is 14.2 Å². The number of carbonyl (C=O) groups is 1. The summed E-state index contributed by atoms with van der Waals surface area (Å²) in [7, 11) is 3.04. The number of hydrogen-bond donors (Lipinski definition) is 2. The van der Waals surface area contributed by atoms with Gasteiger partial charge in [-0.3, -0.25) is 4.79 Å². The highest BCUT2D eigenvalue weighted by molar-refractivity contribution is 5.83. The Morgan fingerprint density at radius 2 is 1.78 bits per heavy atom. The lowest BCUT2D eigenvalue weighted by atomic mass is 10.1. The van der Waals surface area contributed by atoms with Crippen LogP contribution in [-0.4, -0.2) is 32.5 Å². The molecule has 3 N–H and O–H groups in total. The van der Waals surface area contributed by atoms with Crippen LogP contribution in [0.1, 0.15) is 18.5 Å². The van der Waals surface area contributed by atoms with Gasteiger partial charge in [0.2, 0.25) is 5.91 Å². The van der Waals surface area contributed by atoms with Crippen molar-refractivity contribution in [1.82, 2.24) is 5.32 Å². The fourth-order valence-corrected chi connectivity index (χ4v) is 1.70. The van der Waals surface area contributed by atoms with Gasteiger partial charge in [0.05, 0.1) is 6.04 Å². The largest absolute Gasteiger partial charge is 0.354 e. The van der Waals surface area contributed by atoms with E-state index in [0.717, 1.165) is 5.56 Å². The maximum absolute atomic E-state index is 11.9. The van der Waals surface area contributed by atoms with Crippen molar-refractivity contribution in [1.29, 1.82) is 0 Å². The first-order valence-electron chi connectivity index (χ1n) is 5.76. The Kier molecular flexibility index (Phi) is 5.77. The molecule has 0 bridgehead atoms. The highest BCUT2D eigenvalue weighted by atomic mass is 16.7. The van der Waals surface area contributed by atoms with Gasteiger partial charge >= 0.3 is 0 Å². The third kappa shape index (κ3) is 3.80. The van der Waals surface area contributed by atoms with E-state index in [1.807, 2.05) is 30.3 Å². The average Bonchev–Trinajstić information content (AvgIpc) is 2.40. The first-order chi connectivity index (χ1) is 8.60. The van der Waals surface area contributed by atoms with Crippen molar-refractivity contribution in [3.8, 4) is 0 Å². The Labute approximate surface area is 107 Å². The topological polar surface area (TPSA) is 73.6 Å². The van der Waals surface area contributed by atoms with Crippen LogP contribution in [0.25, 0.3) is 0 Å².